The number of carbonyl (C=O) groups excluding carboxylic acids is 1. The quantitative estimate of drug-likeness (QED) is 0.748. The molecule has 0 saturated carbocycles. The summed E-state index contributed by atoms with van der Waals surface area (Å²) in [5.41, 5.74) is 3.17. The molecule has 0 saturated heterocycles. The van der Waals surface area contributed by atoms with Gasteiger partial charge in [0.1, 0.15) is 11.3 Å². The van der Waals surface area contributed by atoms with Gasteiger partial charge in [0.2, 0.25) is 0 Å². The molecule has 0 aliphatic rings. The molecule has 1 heterocycles. The second kappa shape index (κ2) is 7.95. The van der Waals surface area contributed by atoms with E-state index in [1.165, 1.54) is 0 Å². The number of carbonyl (C=O) groups is 1. The van der Waals surface area contributed by atoms with Crippen LogP contribution in [0.4, 0.5) is 0 Å². The zero-order valence-electron chi connectivity index (χ0n) is 13.7. The number of aromatic amines is 1. The lowest BCUT2D eigenvalue weighted by Crippen LogP contribution is -2.31. The Kier molecular flexibility index (Phi) is 5.95. The topological polar surface area (TPSA) is 61.0 Å². The van der Waals surface area contributed by atoms with Gasteiger partial charge in [0.05, 0.1) is 11.1 Å². The molecule has 0 unspecified atom stereocenters. The van der Waals surface area contributed by atoms with E-state index in [2.05, 4.69) is 15.3 Å². The first-order chi connectivity index (χ1) is 11.1. The Labute approximate surface area is 147 Å². The third-order valence-corrected chi connectivity index (χ3v) is 3.65. The predicted molar refractivity (Wildman–Crippen MR) is 99.7 cm³/mol. The number of nitrogens with one attached hydrogen (secondary N) is 2. The molecule has 3 rings (SSSR count). The zero-order chi connectivity index (χ0) is 16.2. The van der Waals surface area contributed by atoms with Gasteiger partial charge in [-0.2, -0.15) is 0 Å². The molecule has 1 amide bonds. The molecular weight excluding hydrogens is 324 g/mol. The van der Waals surface area contributed by atoms with Crippen LogP contribution in [0.5, 0.6) is 0 Å². The van der Waals surface area contributed by atoms with Crippen molar-refractivity contribution < 1.29 is 4.79 Å². The SMILES string of the molecule is CN(C)CCNC(=O)c1cccc2[nH]c(-c3ccccc3)nc12.Cl. The second-order valence-electron chi connectivity index (χ2n) is 5.71. The standard InChI is InChI=1S/C18H20N4O.ClH/c1-22(2)12-11-19-18(23)14-9-6-10-15-16(14)21-17(20-15)13-7-4-3-5-8-13;/h3-10H,11-12H2,1-2H3,(H,19,23)(H,20,21);1H. The Morgan fingerprint density at radius 1 is 1.12 bits per heavy atom. The maximum absolute atomic E-state index is 12.4. The number of aromatic nitrogens is 2. The van der Waals surface area contributed by atoms with Crippen LogP contribution in [-0.4, -0.2) is 48.0 Å². The summed E-state index contributed by atoms with van der Waals surface area (Å²) in [6, 6.07) is 15.5. The third-order valence-electron chi connectivity index (χ3n) is 3.65. The number of rotatable bonds is 5. The molecule has 24 heavy (non-hydrogen) atoms. The van der Waals surface area contributed by atoms with E-state index in [4.69, 9.17) is 0 Å². The van der Waals surface area contributed by atoms with E-state index in [1.54, 1.807) is 0 Å². The average molecular weight is 345 g/mol. The van der Waals surface area contributed by atoms with Crippen molar-refractivity contribution in [2.45, 2.75) is 0 Å². The van der Waals surface area contributed by atoms with Gasteiger partial charge in [-0.1, -0.05) is 36.4 Å². The number of imidazole rings is 1. The van der Waals surface area contributed by atoms with Gasteiger partial charge >= 0.3 is 0 Å². The van der Waals surface area contributed by atoms with Crippen LogP contribution in [0.1, 0.15) is 10.4 Å². The number of H-pyrrole nitrogens is 1. The van der Waals surface area contributed by atoms with Crippen LogP contribution in [-0.2, 0) is 0 Å². The van der Waals surface area contributed by atoms with Crippen LogP contribution in [0.3, 0.4) is 0 Å². The summed E-state index contributed by atoms with van der Waals surface area (Å²) in [5.74, 6) is 0.678. The minimum atomic E-state index is -0.0939. The van der Waals surface area contributed by atoms with E-state index in [0.29, 0.717) is 17.6 Å². The van der Waals surface area contributed by atoms with Gasteiger partial charge in [0.15, 0.2) is 0 Å². The fraction of sp³-hybridized carbons (Fsp3) is 0.222. The number of nitrogens with zero attached hydrogens (tertiary/aromatic N) is 2. The van der Waals surface area contributed by atoms with Gasteiger partial charge in [-0.15, -0.1) is 12.4 Å². The van der Waals surface area contributed by atoms with Crippen molar-refractivity contribution in [3.63, 3.8) is 0 Å². The van der Waals surface area contributed by atoms with Crippen molar-refractivity contribution in [1.82, 2.24) is 20.2 Å². The highest BCUT2D eigenvalue weighted by Gasteiger charge is 2.14. The fourth-order valence-corrected chi connectivity index (χ4v) is 2.44. The molecule has 6 heteroatoms. The van der Waals surface area contributed by atoms with Gasteiger partial charge < -0.3 is 15.2 Å². The van der Waals surface area contributed by atoms with Crippen LogP contribution in [0.25, 0.3) is 22.4 Å². The number of amides is 1. The van der Waals surface area contributed by atoms with Gasteiger partial charge in [-0.05, 0) is 26.2 Å². The Bertz CT molecular complexity index is 814. The van der Waals surface area contributed by atoms with Gasteiger partial charge in [0, 0.05) is 18.7 Å². The molecule has 0 aliphatic carbocycles. The summed E-state index contributed by atoms with van der Waals surface area (Å²) < 4.78 is 0. The number of para-hydroxylation sites is 1. The van der Waals surface area contributed by atoms with Gasteiger partial charge in [-0.3, -0.25) is 4.79 Å². The summed E-state index contributed by atoms with van der Waals surface area (Å²) >= 11 is 0. The number of fused-ring (bicyclic) bond motifs is 1. The third kappa shape index (κ3) is 3.93. The Balaban J connectivity index is 0.00000208. The first-order valence-electron chi connectivity index (χ1n) is 7.62. The minimum Gasteiger partial charge on any atom is -0.351 e. The molecule has 0 spiro atoms. The Hall–Kier alpha value is -2.37. The summed E-state index contributed by atoms with van der Waals surface area (Å²) in [6.07, 6.45) is 0. The first kappa shape index (κ1) is 18.0. The molecule has 0 radical (unpaired) electrons. The van der Waals surface area contributed by atoms with Crippen LogP contribution in [0.2, 0.25) is 0 Å². The van der Waals surface area contributed by atoms with Gasteiger partial charge in [-0.25, -0.2) is 4.98 Å². The highest BCUT2D eigenvalue weighted by Crippen LogP contribution is 2.22. The molecule has 126 valence electrons. The van der Waals surface area contributed by atoms with Crippen molar-refractivity contribution >= 4 is 29.3 Å². The molecule has 3 aromatic rings. The average Bonchev–Trinajstić information content (AvgIpc) is 2.99. The van der Waals surface area contributed by atoms with Gasteiger partial charge in [0.25, 0.3) is 5.91 Å². The molecule has 5 nitrogen and oxygen atoms in total. The Morgan fingerprint density at radius 2 is 1.88 bits per heavy atom. The van der Waals surface area contributed by atoms with E-state index in [0.717, 1.165) is 23.4 Å². The largest absolute Gasteiger partial charge is 0.351 e. The highest BCUT2D eigenvalue weighted by molar-refractivity contribution is 6.05. The van der Waals surface area contributed by atoms with Crippen LogP contribution < -0.4 is 5.32 Å². The molecule has 2 N–H and O–H groups in total. The van der Waals surface area contributed by atoms with Crippen molar-refractivity contribution in [3.05, 3.63) is 54.1 Å². The minimum absolute atomic E-state index is 0. The fourth-order valence-electron chi connectivity index (χ4n) is 2.44. The first-order valence-corrected chi connectivity index (χ1v) is 7.62. The molecule has 1 aromatic heterocycles. The number of hydrogen-bond donors (Lipinski definition) is 2. The van der Waals surface area contributed by atoms with E-state index in [1.807, 2.05) is 67.5 Å². The number of likely N-dealkylation sites (N-methyl/N-ethyl adjacent to an activating group) is 1. The maximum atomic E-state index is 12.4. The Morgan fingerprint density at radius 3 is 2.58 bits per heavy atom. The molecular formula is C18H21ClN4O. The van der Waals surface area contributed by atoms with Crippen LogP contribution in [0, 0.1) is 0 Å². The van der Waals surface area contributed by atoms with Crippen LogP contribution >= 0.6 is 12.4 Å². The van der Waals surface area contributed by atoms with E-state index >= 15 is 0 Å². The molecule has 0 fully saturated rings. The number of benzene rings is 2. The van der Waals surface area contributed by atoms with E-state index < -0.39 is 0 Å². The monoisotopic (exact) mass is 344 g/mol. The molecule has 2 aromatic carbocycles. The predicted octanol–water partition coefficient (Wildman–Crippen LogP) is 2.94. The lowest BCUT2D eigenvalue weighted by Gasteiger charge is -2.10. The van der Waals surface area contributed by atoms with Crippen molar-refractivity contribution in [2.24, 2.45) is 0 Å². The van der Waals surface area contributed by atoms with Crippen molar-refractivity contribution in [1.29, 1.82) is 0 Å². The number of hydrogen-bond acceptors (Lipinski definition) is 3. The summed E-state index contributed by atoms with van der Waals surface area (Å²) in [5, 5.41) is 2.94. The van der Waals surface area contributed by atoms with E-state index in [9.17, 15) is 4.79 Å². The lowest BCUT2D eigenvalue weighted by molar-refractivity contribution is 0.0952. The normalized spacial score (nSPS) is 10.6. The summed E-state index contributed by atoms with van der Waals surface area (Å²) in [7, 11) is 3.96. The summed E-state index contributed by atoms with van der Waals surface area (Å²) in [4.78, 5) is 22.3. The van der Waals surface area contributed by atoms with Crippen LogP contribution in [0.15, 0.2) is 48.5 Å². The lowest BCUT2D eigenvalue weighted by atomic mass is 10.1. The van der Waals surface area contributed by atoms with Crippen molar-refractivity contribution in [2.75, 3.05) is 27.2 Å². The maximum Gasteiger partial charge on any atom is 0.253 e. The smallest absolute Gasteiger partial charge is 0.253 e. The molecule has 0 aliphatic heterocycles. The summed E-state index contributed by atoms with van der Waals surface area (Å²) in [6.45, 7) is 1.41. The molecule has 0 atom stereocenters. The number of halogens is 1. The zero-order valence-corrected chi connectivity index (χ0v) is 14.6. The molecule has 0 bridgehead atoms. The van der Waals surface area contributed by atoms with Crippen molar-refractivity contribution in [3.8, 4) is 11.4 Å². The second-order valence-corrected chi connectivity index (χ2v) is 5.71. The highest BCUT2D eigenvalue weighted by atomic mass is 35.5. The van der Waals surface area contributed by atoms with E-state index in [-0.39, 0.29) is 18.3 Å².